The van der Waals surface area contributed by atoms with Crippen molar-refractivity contribution in [3.8, 4) is 11.1 Å². The van der Waals surface area contributed by atoms with Gasteiger partial charge in [-0.3, -0.25) is 0 Å². The highest BCUT2D eigenvalue weighted by atomic mass is 16.7. The zero-order valence-electron chi connectivity index (χ0n) is 16.6. The number of carboxylic acid groups (broad SMARTS) is 1. The van der Waals surface area contributed by atoms with Crippen molar-refractivity contribution in [2.75, 3.05) is 19.8 Å². The lowest BCUT2D eigenvalue weighted by Gasteiger charge is -2.24. The summed E-state index contributed by atoms with van der Waals surface area (Å²) in [7, 11) is 0. The molecule has 2 N–H and O–H groups in total. The van der Waals surface area contributed by atoms with Crippen LogP contribution < -0.4 is 5.32 Å². The molecule has 1 heterocycles. The Morgan fingerprint density at radius 3 is 2.33 bits per heavy atom. The van der Waals surface area contributed by atoms with E-state index in [0.717, 1.165) is 41.5 Å². The minimum Gasteiger partial charge on any atom is -0.480 e. The summed E-state index contributed by atoms with van der Waals surface area (Å²) in [5.74, 6) is -1.27. The fourth-order valence-electron chi connectivity index (χ4n) is 4.00. The van der Waals surface area contributed by atoms with E-state index in [1.54, 1.807) is 0 Å². The van der Waals surface area contributed by atoms with Crippen LogP contribution in [0, 0.1) is 0 Å². The molecule has 0 aromatic heterocycles. The average Bonchev–Trinajstić information content (AvgIpc) is 3.09. The lowest BCUT2D eigenvalue weighted by atomic mass is 9.98. The molecular weight excluding hydrogens is 386 g/mol. The van der Waals surface area contributed by atoms with Gasteiger partial charge in [0, 0.05) is 12.5 Å². The van der Waals surface area contributed by atoms with Crippen LogP contribution in [0.2, 0.25) is 0 Å². The molecule has 7 nitrogen and oxygen atoms in total. The van der Waals surface area contributed by atoms with Gasteiger partial charge in [-0.05, 0) is 41.5 Å². The maximum absolute atomic E-state index is 12.3. The van der Waals surface area contributed by atoms with Crippen molar-refractivity contribution in [3.05, 3.63) is 59.7 Å². The van der Waals surface area contributed by atoms with E-state index in [4.69, 9.17) is 14.2 Å². The monoisotopic (exact) mass is 411 g/mol. The molecule has 158 valence electrons. The number of ether oxygens (including phenoxy) is 3. The Kier molecular flexibility index (Phi) is 6.30. The minimum atomic E-state index is -1.20. The molecule has 1 saturated heterocycles. The van der Waals surface area contributed by atoms with Crippen LogP contribution >= 0.6 is 0 Å². The number of nitrogens with one attached hydrogen (secondary N) is 1. The summed E-state index contributed by atoms with van der Waals surface area (Å²) >= 11 is 0. The first kappa shape index (κ1) is 20.4. The van der Waals surface area contributed by atoms with Gasteiger partial charge in [-0.1, -0.05) is 48.5 Å². The summed E-state index contributed by atoms with van der Waals surface area (Å²) < 4.78 is 16.4. The van der Waals surface area contributed by atoms with Crippen LogP contribution in [0.25, 0.3) is 11.1 Å². The molecule has 0 bridgehead atoms. The Bertz CT molecular complexity index is 863. The Balaban J connectivity index is 1.35. The van der Waals surface area contributed by atoms with E-state index in [0.29, 0.717) is 6.61 Å². The molecule has 1 aliphatic heterocycles. The van der Waals surface area contributed by atoms with E-state index in [1.807, 2.05) is 36.4 Å². The van der Waals surface area contributed by atoms with Gasteiger partial charge in [0.25, 0.3) is 0 Å². The Morgan fingerprint density at radius 2 is 1.73 bits per heavy atom. The van der Waals surface area contributed by atoms with Crippen molar-refractivity contribution in [2.45, 2.75) is 37.5 Å². The third-order valence-electron chi connectivity index (χ3n) is 5.52. The highest BCUT2D eigenvalue weighted by Crippen LogP contribution is 2.44. The van der Waals surface area contributed by atoms with Gasteiger partial charge in [0.15, 0.2) is 12.3 Å². The predicted octanol–water partition coefficient (Wildman–Crippen LogP) is 3.52. The van der Waals surface area contributed by atoms with E-state index in [1.165, 1.54) is 0 Å². The molecule has 1 amide bonds. The molecule has 2 aromatic carbocycles. The first-order valence-corrected chi connectivity index (χ1v) is 10.2. The van der Waals surface area contributed by atoms with Crippen LogP contribution in [0.15, 0.2) is 48.5 Å². The first-order chi connectivity index (χ1) is 14.6. The first-order valence-electron chi connectivity index (χ1n) is 10.2. The van der Waals surface area contributed by atoms with Crippen LogP contribution in [-0.2, 0) is 19.0 Å². The van der Waals surface area contributed by atoms with Crippen molar-refractivity contribution >= 4 is 12.1 Å². The average molecular weight is 411 g/mol. The molecule has 30 heavy (non-hydrogen) atoms. The van der Waals surface area contributed by atoms with E-state index >= 15 is 0 Å². The van der Waals surface area contributed by atoms with Crippen molar-refractivity contribution < 1.29 is 28.9 Å². The summed E-state index contributed by atoms with van der Waals surface area (Å²) in [6, 6.07) is 14.9. The number of hydrogen-bond acceptors (Lipinski definition) is 5. The molecule has 2 atom stereocenters. The molecule has 0 spiro atoms. The van der Waals surface area contributed by atoms with Gasteiger partial charge in [-0.2, -0.15) is 0 Å². The van der Waals surface area contributed by atoms with Gasteiger partial charge >= 0.3 is 12.1 Å². The Hall–Kier alpha value is -2.90. The van der Waals surface area contributed by atoms with Crippen LogP contribution in [0.4, 0.5) is 4.79 Å². The van der Waals surface area contributed by atoms with Crippen LogP contribution in [0.3, 0.4) is 0 Å². The molecule has 4 rings (SSSR count). The number of hydrogen-bond donors (Lipinski definition) is 2. The minimum absolute atomic E-state index is 0.0849. The summed E-state index contributed by atoms with van der Waals surface area (Å²) in [5.41, 5.74) is 4.45. The van der Waals surface area contributed by atoms with E-state index in [9.17, 15) is 14.7 Å². The smallest absolute Gasteiger partial charge is 0.407 e. The van der Waals surface area contributed by atoms with Crippen molar-refractivity contribution in [1.29, 1.82) is 0 Å². The summed E-state index contributed by atoms with van der Waals surface area (Å²) in [4.78, 5) is 23.8. The van der Waals surface area contributed by atoms with Crippen molar-refractivity contribution in [3.63, 3.8) is 0 Å². The second kappa shape index (κ2) is 9.28. The largest absolute Gasteiger partial charge is 0.480 e. The van der Waals surface area contributed by atoms with E-state index in [2.05, 4.69) is 17.4 Å². The van der Waals surface area contributed by atoms with Crippen LogP contribution in [0.5, 0.6) is 0 Å². The van der Waals surface area contributed by atoms with Crippen LogP contribution in [-0.4, -0.2) is 49.3 Å². The summed E-state index contributed by atoms with van der Waals surface area (Å²) in [6.45, 7) is 0.547. The lowest BCUT2D eigenvalue weighted by molar-refractivity contribution is -0.171. The van der Waals surface area contributed by atoms with Crippen molar-refractivity contribution in [1.82, 2.24) is 5.32 Å². The SMILES string of the molecule is O=C(NC(CO[C@H]1CCCCO1)C(=O)O)OCC1c2ccccc2-c2ccccc21. The molecule has 1 aliphatic carbocycles. The highest BCUT2D eigenvalue weighted by Gasteiger charge is 2.30. The highest BCUT2D eigenvalue weighted by molar-refractivity contribution is 5.81. The molecule has 2 aliphatic rings. The van der Waals surface area contributed by atoms with Gasteiger partial charge in [-0.25, -0.2) is 9.59 Å². The molecule has 1 fully saturated rings. The van der Waals surface area contributed by atoms with E-state index < -0.39 is 24.4 Å². The quantitative estimate of drug-likeness (QED) is 0.724. The topological polar surface area (TPSA) is 94.1 Å². The normalized spacial score (nSPS) is 18.9. The number of fused-ring (bicyclic) bond motifs is 3. The number of carbonyl (C=O) groups excluding carboxylic acids is 1. The number of rotatable bonds is 7. The number of carbonyl (C=O) groups is 2. The van der Waals surface area contributed by atoms with Gasteiger partial charge in [0.2, 0.25) is 0 Å². The molecule has 7 heteroatoms. The zero-order chi connectivity index (χ0) is 20.9. The predicted molar refractivity (Wildman–Crippen MR) is 109 cm³/mol. The Morgan fingerprint density at radius 1 is 1.07 bits per heavy atom. The molecule has 0 radical (unpaired) electrons. The molecule has 0 saturated carbocycles. The number of alkyl carbamates (subject to hydrolysis) is 1. The second-order valence-electron chi connectivity index (χ2n) is 7.49. The second-order valence-corrected chi connectivity index (χ2v) is 7.49. The standard InChI is InChI=1S/C23H25NO6/c25-22(26)20(14-29-21-11-5-6-12-28-21)24-23(27)30-13-19-17-9-3-1-7-15(17)16-8-2-4-10-18(16)19/h1-4,7-10,19-21H,5-6,11-14H2,(H,24,27)(H,25,26)/t20?,21-/m0/s1. The van der Waals surface area contributed by atoms with Crippen LogP contribution in [0.1, 0.15) is 36.3 Å². The van der Waals surface area contributed by atoms with Gasteiger partial charge in [0.05, 0.1) is 6.61 Å². The molecule has 2 aromatic rings. The number of aliphatic carboxylic acids is 1. The fraction of sp³-hybridized carbons (Fsp3) is 0.391. The number of amides is 1. The van der Waals surface area contributed by atoms with E-state index in [-0.39, 0.29) is 19.1 Å². The summed E-state index contributed by atoms with van der Waals surface area (Å²) in [5, 5.41) is 11.8. The van der Waals surface area contributed by atoms with Gasteiger partial charge < -0.3 is 24.6 Å². The van der Waals surface area contributed by atoms with Gasteiger partial charge in [0.1, 0.15) is 6.61 Å². The number of carboxylic acids is 1. The van der Waals surface area contributed by atoms with Gasteiger partial charge in [-0.15, -0.1) is 0 Å². The third-order valence-corrected chi connectivity index (χ3v) is 5.52. The fourth-order valence-corrected chi connectivity index (χ4v) is 4.00. The zero-order valence-corrected chi connectivity index (χ0v) is 16.6. The lowest BCUT2D eigenvalue weighted by Crippen LogP contribution is -2.45. The third kappa shape index (κ3) is 4.47. The summed E-state index contributed by atoms with van der Waals surface area (Å²) in [6.07, 6.45) is 1.46. The maximum atomic E-state index is 12.3. The molecule has 1 unspecified atom stereocenters. The van der Waals surface area contributed by atoms with Crippen molar-refractivity contribution in [2.24, 2.45) is 0 Å². The molecular formula is C23H25NO6. The Labute approximate surface area is 174 Å². The maximum Gasteiger partial charge on any atom is 0.407 e. The number of benzene rings is 2.